The zero-order chi connectivity index (χ0) is 22.1. The Labute approximate surface area is 208 Å². The fourth-order valence-corrected chi connectivity index (χ4v) is 3.31. The van der Waals surface area contributed by atoms with E-state index in [9.17, 15) is 24.5 Å². The fraction of sp³-hybridized carbons (Fsp3) is 0.409. The Kier molecular flexibility index (Phi) is 12.4. The quantitative estimate of drug-likeness (QED) is 0.324. The van der Waals surface area contributed by atoms with Gasteiger partial charge in [-0.15, -0.1) is 0 Å². The summed E-state index contributed by atoms with van der Waals surface area (Å²) in [7, 11) is 0. The smallest absolute Gasteiger partial charge is 0.550 e. The van der Waals surface area contributed by atoms with E-state index < -0.39 is 24.6 Å². The molecule has 0 radical (unpaired) electrons. The van der Waals surface area contributed by atoms with Gasteiger partial charge in [0.25, 0.3) is 0 Å². The summed E-state index contributed by atoms with van der Waals surface area (Å²) in [5, 5.41) is 30.7. The summed E-state index contributed by atoms with van der Waals surface area (Å²) in [4.78, 5) is 10.5. The number of aliphatic hydroxyl groups excluding tert-OH is 2. The van der Waals surface area contributed by atoms with E-state index in [4.69, 9.17) is 21.1 Å². The molecule has 9 heteroatoms. The predicted molar refractivity (Wildman–Crippen MR) is 108 cm³/mol. The van der Waals surface area contributed by atoms with Crippen LogP contribution in [-0.4, -0.2) is 41.6 Å². The molecular formula is C22H25ClFNaO6. The van der Waals surface area contributed by atoms with Crippen LogP contribution < -0.4 is 44.1 Å². The molecule has 0 aliphatic heterocycles. The molecule has 164 valence electrons. The topological polar surface area (TPSA) is 99.1 Å². The van der Waals surface area contributed by atoms with Crippen molar-refractivity contribution in [2.24, 2.45) is 0 Å². The molecule has 31 heavy (non-hydrogen) atoms. The van der Waals surface area contributed by atoms with Gasteiger partial charge in [0.1, 0.15) is 23.9 Å². The molecule has 2 N–H and O–H groups in total. The zero-order valence-electron chi connectivity index (χ0n) is 17.6. The van der Waals surface area contributed by atoms with Gasteiger partial charge in [0, 0.05) is 23.8 Å². The number of ether oxygens (including phenoxy) is 2. The average Bonchev–Trinajstić information content (AvgIpc) is 2.65. The second-order valence-electron chi connectivity index (χ2n) is 7.05. The maximum atomic E-state index is 12.9. The Morgan fingerprint density at radius 1 is 1.16 bits per heavy atom. The van der Waals surface area contributed by atoms with E-state index in [0.717, 1.165) is 11.1 Å². The standard InChI is InChI=1S/C22H26ClFO6.Na/c1-14-9-16(23)10-15(3-2-8-29-20-6-4-17(24)5-7-20)22(14)30-13-19(26)11-18(25)12-21(27)28;/h4-7,9-10,18-19,25-26H,2-3,8,11-13H2,1H3,(H,27,28);/q;+1/p-1/t18-,19+;/m1./s1. The molecule has 0 saturated carbocycles. The van der Waals surface area contributed by atoms with E-state index in [0.29, 0.717) is 36.0 Å². The number of hydrogen-bond donors (Lipinski definition) is 2. The maximum absolute atomic E-state index is 12.9. The van der Waals surface area contributed by atoms with E-state index in [-0.39, 0.29) is 48.4 Å². The minimum atomic E-state index is -1.38. The predicted octanol–water partition coefficient (Wildman–Crippen LogP) is -0.566. The second kappa shape index (κ2) is 13.9. The summed E-state index contributed by atoms with van der Waals surface area (Å²) in [6, 6.07) is 9.30. The molecule has 0 spiro atoms. The van der Waals surface area contributed by atoms with Crippen molar-refractivity contribution in [2.75, 3.05) is 13.2 Å². The molecule has 0 fully saturated rings. The third-order valence-corrected chi connectivity index (χ3v) is 4.57. The maximum Gasteiger partial charge on any atom is 1.00 e. The van der Waals surface area contributed by atoms with Crippen LogP contribution in [0.15, 0.2) is 36.4 Å². The summed E-state index contributed by atoms with van der Waals surface area (Å²) in [5.74, 6) is -0.551. The average molecular weight is 463 g/mol. The van der Waals surface area contributed by atoms with E-state index in [2.05, 4.69) is 0 Å². The minimum Gasteiger partial charge on any atom is -0.550 e. The van der Waals surface area contributed by atoms with Gasteiger partial charge < -0.3 is 29.6 Å². The Morgan fingerprint density at radius 3 is 2.48 bits per heavy atom. The van der Waals surface area contributed by atoms with Gasteiger partial charge in [0.05, 0.1) is 18.8 Å². The number of carboxylic acid groups (broad SMARTS) is 1. The number of rotatable bonds is 12. The second-order valence-corrected chi connectivity index (χ2v) is 7.48. The van der Waals surface area contributed by atoms with Crippen LogP contribution in [0.1, 0.15) is 30.4 Å². The van der Waals surface area contributed by atoms with Gasteiger partial charge in [-0.25, -0.2) is 4.39 Å². The number of carbonyl (C=O) groups is 1. The largest absolute Gasteiger partial charge is 1.00 e. The first-order valence-electron chi connectivity index (χ1n) is 9.60. The number of aliphatic carboxylic acids is 1. The molecule has 2 atom stereocenters. The first kappa shape index (κ1) is 27.7. The molecule has 0 aliphatic rings. The van der Waals surface area contributed by atoms with E-state index >= 15 is 0 Å². The minimum absolute atomic E-state index is 0. The number of benzene rings is 2. The van der Waals surface area contributed by atoms with Crippen LogP contribution in [0.3, 0.4) is 0 Å². The van der Waals surface area contributed by atoms with Crippen molar-refractivity contribution in [3.63, 3.8) is 0 Å². The van der Waals surface area contributed by atoms with Crippen molar-refractivity contribution >= 4 is 17.6 Å². The van der Waals surface area contributed by atoms with Crippen LogP contribution in [-0.2, 0) is 11.2 Å². The van der Waals surface area contributed by atoms with Crippen molar-refractivity contribution < 1.29 is 63.5 Å². The molecule has 6 nitrogen and oxygen atoms in total. The first-order chi connectivity index (χ1) is 14.2. The van der Waals surface area contributed by atoms with Crippen molar-refractivity contribution in [1.82, 2.24) is 0 Å². The number of hydrogen-bond acceptors (Lipinski definition) is 6. The molecule has 0 unspecified atom stereocenters. The zero-order valence-corrected chi connectivity index (χ0v) is 20.4. The van der Waals surface area contributed by atoms with E-state index in [1.807, 2.05) is 6.92 Å². The van der Waals surface area contributed by atoms with Crippen LogP contribution in [0.5, 0.6) is 11.5 Å². The van der Waals surface area contributed by atoms with Crippen LogP contribution in [0.25, 0.3) is 0 Å². The molecule has 2 rings (SSSR count). The van der Waals surface area contributed by atoms with Gasteiger partial charge in [-0.2, -0.15) is 0 Å². The van der Waals surface area contributed by atoms with Crippen LogP contribution in [0, 0.1) is 12.7 Å². The fourth-order valence-electron chi connectivity index (χ4n) is 3.01. The van der Waals surface area contributed by atoms with Gasteiger partial charge >= 0.3 is 29.6 Å². The van der Waals surface area contributed by atoms with Gasteiger partial charge in [0.2, 0.25) is 0 Å². The van der Waals surface area contributed by atoms with Gasteiger partial charge in [-0.05, 0) is 67.3 Å². The number of carbonyl (C=O) groups excluding carboxylic acids is 1. The number of carboxylic acids is 1. The van der Waals surface area contributed by atoms with Crippen molar-refractivity contribution in [3.05, 3.63) is 58.4 Å². The van der Waals surface area contributed by atoms with Crippen molar-refractivity contribution in [3.8, 4) is 11.5 Å². The number of aryl methyl sites for hydroxylation is 2. The molecule has 0 aromatic heterocycles. The molecule has 0 heterocycles. The van der Waals surface area contributed by atoms with Crippen molar-refractivity contribution in [2.45, 2.75) is 44.8 Å². The van der Waals surface area contributed by atoms with E-state index in [1.165, 1.54) is 12.1 Å². The Hall–Kier alpha value is -1.35. The third-order valence-electron chi connectivity index (χ3n) is 4.36. The monoisotopic (exact) mass is 462 g/mol. The molecule has 2 aromatic rings. The molecule has 0 saturated heterocycles. The Morgan fingerprint density at radius 2 is 1.84 bits per heavy atom. The molecule has 2 aromatic carbocycles. The first-order valence-corrected chi connectivity index (χ1v) is 9.98. The van der Waals surface area contributed by atoms with Crippen LogP contribution in [0.4, 0.5) is 4.39 Å². The van der Waals surface area contributed by atoms with E-state index in [1.54, 1.807) is 24.3 Å². The summed E-state index contributed by atoms with van der Waals surface area (Å²) in [6.07, 6.45) is -1.67. The van der Waals surface area contributed by atoms with Crippen LogP contribution >= 0.6 is 11.6 Å². The summed E-state index contributed by atoms with van der Waals surface area (Å²) in [5.41, 5.74) is 1.63. The normalized spacial score (nSPS) is 12.5. The van der Waals surface area contributed by atoms with Gasteiger partial charge in [-0.3, -0.25) is 0 Å². The van der Waals surface area contributed by atoms with Gasteiger partial charge in [-0.1, -0.05) is 11.6 Å². The molecular weight excluding hydrogens is 438 g/mol. The Bertz CT molecular complexity index is 833. The van der Waals surface area contributed by atoms with Gasteiger partial charge in [0.15, 0.2) is 0 Å². The van der Waals surface area contributed by atoms with Crippen molar-refractivity contribution in [1.29, 1.82) is 0 Å². The number of halogens is 2. The summed E-state index contributed by atoms with van der Waals surface area (Å²) < 4.78 is 24.3. The SMILES string of the molecule is Cc1cc(Cl)cc(CCCOc2ccc(F)cc2)c1OC[C@@H](O)C[C@@H](O)CC(=O)[O-].[Na+]. The summed E-state index contributed by atoms with van der Waals surface area (Å²) in [6.45, 7) is 2.14. The molecule has 0 aliphatic carbocycles. The third kappa shape index (κ3) is 10.2. The summed E-state index contributed by atoms with van der Waals surface area (Å²) >= 11 is 6.16. The number of aliphatic hydroxyl groups is 2. The molecule has 0 bridgehead atoms. The Balaban J connectivity index is 0.00000480. The molecule has 0 amide bonds. The van der Waals surface area contributed by atoms with Crippen LogP contribution in [0.2, 0.25) is 5.02 Å².